The Morgan fingerprint density at radius 2 is 2.00 bits per heavy atom. The molecule has 0 unspecified atom stereocenters. The average molecular weight is 265 g/mol. The van der Waals surface area contributed by atoms with Crippen molar-refractivity contribution in [1.82, 2.24) is 10.5 Å². The summed E-state index contributed by atoms with van der Waals surface area (Å²) in [6.45, 7) is 6.06. The zero-order chi connectivity index (χ0) is 13.0. The maximum atomic E-state index is 5.85. The Hall–Kier alpha value is -1.32. The quantitative estimate of drug-likeness (QED) is 0.894. The summed E-state index contributed by atoms with van der Waals surface area (Å²) in [6.07, 6.45) is 0. The normalized spacial score (nSPS) is 11.1. The average Bonchev–Trinajstić information content (AvgIpc) is 2.78. The van der Waals surface area contributed by atoms with Crippen LogP contribution in [0.5, 0.6) is 0 Å². The fourth-order valence-electron chi connectivity index (χ4n) is 1.63. The minimum Gasteiger partial charge on any atom is -0.356 e. The van der Waals surface area contributed by atoms with Gasteiger partial charge in [-0.15, -0.1) is 0 Å². The lowest BCUT2D eigenvalue weighted by Crippen LogP contribution is -2.18. The molecule has 0 atom stereocenters. The van der Waals surface area contributed by atoms with E-state index in [1.165, 1.54) is 0 Å². The number of nitrogens with one attached hydrogen (secondary N) is 1. The Balaban J connectivity index is 1.99. The summed E-state index contributed by atoms with van der Waals surface area (Å²) in [5.41, 5.74) is 1.91. The molecule has 4 heteroatoms. The molecule has 1 aromatic heterocycles. The lowest BCUT2D eigenvalue weighted by molar-refractivity contribution is 0.418. The molecule has 0 amide bonds. The Labute approximate surface area is 112 Å². The van der Waals surface area contributed by atoms with E-state index >= 15 is 0 Å². The third-order valence-corrected chi connectivity index (χ3v) is 2.80. The van der Waals surface area contributed by atoms with E-state index in [1.54, 1.807) is 0 Å². The molecular formula is C14H17ClN2O. The van der Waals surface area contributed by atoms with E-state index < -0.39 is 0 Å². The molecule has 0 radical (unpaired) electrons. The van der Waals surface area contributed by atoms with Crippen molar-refractivity contribution in [1.29, 1.82) is 0 Å². The van der Waals surface area contributed by atoms with Gasteiger partial charge in [-0.05, 0) is 36.7 Å². The van der Waals surface area contributed by atoms with Gasteiger partial charge < -0.3 is 9.84 Å². The Kier molecular flexibility index (Phi) is 4.39. The second kappa shape index (κ2) is 6.03. The lowest BCUT2D eigenvalue weighted by Gasteiger charge is -2.04. The molecule has 0 bridgehead atoms. The summed E-state index contributed by atoms with van der Waals surface area (Å²) in [5, 5.41) is 8.09. The first-order chi connectivity index (χ1) is 8.65. The first-order valence-corrected chi connectivity index (χ1v) is 6.45. The van der Waals surface area contributed by atoms with Gasteiger partial charge in [-0.1, -0.05) is 30.6 Å². The highest BCUT2D eigenvalue weighted by atomic mass is 35.5. The van der Waals surface area contributed by atoms with Crippen LogP contribution in [0.1, 0.15) is 19.5 Å². The maximum absolute atomic E-state index is 5.85. The molecule has 0 aliphatic carbocycles. The van der Waals surface area contributed by atoms with E-state index in [0.717, 1.165) is 35.1 Å². The molecule has 0 aliphatic rings. The van der Waals surface area contributed by atoms with Crippen molar-refractivity contribution < 1.29 is 4.52 Å². The van der Waals surface area contributed by atoms with E-state index in [2.05, 4.69) is 24.3 Å². The summed E-state index contributed by atoms with van der Waals surface area (Å²) in [4.78, 5) is 0. The second-order valence-electron chi connectivity index (χ2n) is 4.71. The third kappa shape index (κ3) is 3.59. The van der Waals surface area contributed by atoms with Gasteiger partial charge in [0.1, 0.15) is 0 Å². The molecule has 3 nitrogen and oxygen atoms in total. The minimum absolute atomic E-state index is 0.632. The molecule has 1 heterocycles. The van der Waals surface area contributed by atoms with Crippen molar-refractivity contribution in [3.05, 3.63) is 41.0 Å². The number of hydrogen-bond acceptors (Lipinski definition) is 3. The van der Waals surface area contributed by atoms with E-state index in [1.807, 2.05) is 30.3 Å². The number of nitrogens with zero attached hydrogens (tertiary/aromatic N) is 1. The fourth-order valence-corrected chi connectivity index (χ4v) is 1.76. The maximum Gasteiger partial charge on any atom is 0.167 e. The van der Waals surface area contributed by atoms with Gasteiger partial charge in [0.05, 0.1) is 5.69 Å². The van der Waals surface area contributed by atoms with Crippen LogP contribution in [0, 0.1) is 5.92 Å². The van der Waals surface area contributed by atoms with Crippen molar-refractivity contribution in [2.45, 2.75) is 20.4 Å². The predicted octanol–water partition coefficient (Wildman–Crippen LogP) is 3.74. The molecule has 1 aromatic carbocycles. The highest BCUT2D eigenvalue weighted by Gasteiger charge is 2.06. The van der Waals surface area contributed by atoms with E-state index in [0.29, 0.717) is 5.92 Å². The molecule has 2 aromatic rings. The van der Waals surface area contributed by atoms with Crippen LogP contribution in [0.2, 0.25) is 5.02 Å². The van der Waals surface area contributed by atoms with E-state index in [4.69, 9.17) is 16.1 Å². The largest absolute Gasteiger partial charge is 0.356 e. The minimum atomic E-state index is 0.632. The van der Waals surface area contributed by atoms with Crippen molar-refractivity contribution in [3.8, 4) is 11.3 Å². The lowest BCUT2D eigenvalue weighted by atomic mass is 10.1. The summed E-state index contributed by atoms with van der Waals surface area (Å²) >= 11 is 5.85. The summed E-state index contributed by atoms with van der Waals surface area (Å²) in [5.74, 6) is 1.40. The summed E-state index contributed by atoms with van der Waals surface area (Å²) in [7, 11) is 0. The fraction of sp³-hybridized carbons (Fsp3) is 0.357. The first kappa shape index (κ1) is 13.1. The molecule has 2 rings (SSSR count). The van der Waals surface area contributed by atoms with Gasteiger partial charge in [-0.3, -0.25) is 0 Å². The van der Waals surface area contributed by atoms with Gasteiger partial charge in [0.15, 0.2) is 5.76 Å². The third-order valence-electron chi connectivity index (χ3n) is 2.55. The summed E-state index contributed by atoms with van der Waals surface area (Å²) in [6, 6.07) is 9.49. The zero-order valence-electron chi connectivity index (χ0n) is 10.6. The second-order valence-corrected chi connectivity index (χ2v) is 5.15. The van der Waals surface area contributed by atoms with Crippen LogP contribution in [-0.4, -0.2) is 11.7 Å². The van der Waals surface area contributed by atoms with Gasteiger partial charge in [-0.25, -0.2) is 0 Å². The van der Waals surface area contributed by atoms with Crippen LogP contribution >= 0.6 is 11.6 Å². The van der Waals surface area contributed by atoms with Gasteiger partial charge in [0.2, 0.25) is 0 Å². The number of benzene rings is 1. The monoisotopic (exact) mass is 264 g/mol. The van der Waals surface area contributed by atoms with Crippen molar-refractivity contribution in [2.24, 2.45) is 5.92 Å². The smallest absolute Gasteiger partial charge is 0.167 e. The molecule has 1 N–H and O–H groups in total. The number of aromatic nitrogens is 1. The van der Waals surface area contributed by atoms with E-state index in [9.17, 15) is 0 Å². The standard InChI is InChI=1S/C14H17ClN2O/c1-10(2)8-16-9-13-7-14(18-17-13)11-3-5-12(15)6-4-11/h3-7,10,16H,8-9H2,1-2H3. The molecule has 96 valence electrons. The van der Waals surface area contributed by atoms with Crippen LogP contribution in [0.15, 0.2) is 34.9 Å². The van der Waals surface area contributed by atoms with E-state index in [-0.39, 0.29) is 0 Å². The Bertz CT molecular complexity index is 491. The molecule has 0 aliphatic heterocycles. The van der Waals surface area contributed by atoms with Crippen molar-refractivity contribution in [2.75, 3.05) is 6.54 Å². The number of hydrogen-bond donors (Lipinski definition) is 1. The molecule has 0 saturated carbocycles. The molecule has 0 saturated heterocycles. The predicted molar refractivity (Wildman–Crippen MR) is 73.5 cm³/mol. The van der Waals surface area contributed by atoms with Crippen LogP contribution < -0.4 is 5.32 Å². The van der Waals surface area contributed by atoms with Crippen molar-refractivity contribution >= 4 is 11.6 Å². The molecular weight excluding hydrogens is 248 g/mol. The van der Waals surface area contributed by atoms with Gasteiger partial charge in [0.25, 0.3) is 0 Å². The van der Waals surface area contributed by atoms with Crippen LogP contribution in [0.25, 0.3) is 11.3 Å². The molecule has 0 fully saturated rings. The van der Waals surface area contributed by atoms with Crippen LogP contribution in [-0.2, 0) is 6.54 Å². The number of rotatable bonds is 5. The Morgan fingerprint density at radius 3 is 2.67 bits per heavy atom. The highest BCUT2D eigenvalue weighted by Crippen LogP contribution is 2.22. The highest BCUT2D eigenvalue weighted by molar-refractivity contribution is 6.30. The molecule has 0 spiro atoms. The van der Waals surface area contributed by atoms with Crippen LogP contribution in [0.4, 0.5) is 0 Å². The number of halogens is 1. The van der Waals surface area contributed by atoms with Gasteiger partial charge in [0, 0.05) is 23.2 Å². The van der Waals surface area contributed by atoms with Crippen LogP contribution in [0.3, 0.4) is 0 Å². The molecule has 18 heavy (non-hydrogen) atoms. The zero-order valence-corrected chi connectivity index (χ0v) is 11.4. The van der Waals surface area contributed by atoms with Crippen molar-refractivity contribution in [3.63, 3.8) is 0 Å². The SMILES string of the molecule is CC(C)CNCc1cc(-c2ccc(Cl)cc2)on1. The topological polar surface area (TPSA) is 38.1 Å². The van der Waals surface area contributed by atoms with Gasteiger partial charge in [-0.2, -0.15) is 0 Å². The Morgan fingerprint density at radius 1 is 1.28 bits per heavy atom. The summed E-state index contributed by atoms with van der Waals surface area (Å²) < 4.78 is 5.32. The van der Waals surface area contributed by atoms with Gasteiger partial charge >= 0.3 is 0 Å². The first-order valence-electron chi connectivity index (χ1n) is 6.07.